The van der Waals surface area contributed by atoms with Crippen LogP contribution in [-0.4, -0.2) is 63.9 Å². The van der Waals surface area contributed by atoms with E-state index in [1.165, 1.54) is 30.7 Å². The SMILES string of the molecule is CCN(CC)C(=O)CN(CCc1ccccc1)S(=O)(=O)c1ccc(OC)c(OC)c1. The lowest BCUT2D eigenvalue weighted by molar-refractivity contribution is -0.131. The Hall–Kier alpha value is -2.58. The standard InChI is InChI=1S/C22H30N2O5S/c1-5-23(6-2)22(25)17-24(15-14-18-10-8-7-9-11-18)30(26,27)19-12-13-20(28-3)21(16-19)29-4/h7-13,16H,5-6,14-15,17H2,1-4H3. The normalized spacial score (nSPS) is 11.4. The van der Waals surface area contributed by atoms with Crippen molar-refractivity contribution in [3.05, 3.63) is 54.1 Å². The molecule has 0 N–H and O–H groups in total. The molecule has 2 aromatic carbocycles. The average Bonchev–Trinajstić information content (AvgIpc) is 2.77. The van der Waals surface area contributed by atoms with Gasteiger partial charge < -0.3 is 14.4 Å². The first-order valence-electron chi connectivity index (χ1n) is 9.91. The first kappa shape index (κ1) is 23.7. The van der Waals surface area contributed by atoms with Crippen LogP contribution in [0.2, 0.25) is 0 Å². The van der Waals surface area contributed by atoms with E-state index in [2.05, 4.69) is 0 Å². The summed E-state index contributed by atoms with van der Waals surface area (Å²) in [4.78, 5) is 14.4. The van der Waals surface area contributed by atoms with Crippen molar-refractivity contribution in [2.75, 3.05) is 40.4 Å². The minimum Gasteiger partial charge on any atom is -0.493 e. The molecule has 164 valence electrons. The number of amides is 1. The summed E-state index contributed by atoms with van der Waals surface area (Å²) in [6.45, 7) is 4.77. The van der Waals surface area contributed by atoms with Crippen molar-refractivity contribution in [1.82, 2.24) is 9.21 Å². The number of hydrogen-bond acceptors (Lipinski definition) is 5. The number of sulfonamides is 1. The maximum atomic E-state index is 13.4. The Morgan fingerprint density at radius 3 is 2.13 bits per heavy atom. The van der Waals surface area contributed by atoms with Crippen molar-refractivity contribution in [2.24, 2.45) is 0 Å². The Bertz CT molecular complexity index is 928. The molecular formula is C22H30N2O5S. The largest absolute Gasteiger partial charge is 0.493 e. The van der Waals surface area contributed by atoms with E-state index in [0.29, 0.717) is 31.0 Å². The highest BCUT2D eigenvalue weighted by molar-refractivity contribution is 7.89. The van der Waals surface area contributed by atoms with Crippen molar-refractivity contribution < 1.29 is 22.7 Å². The maximum Gasteiger partial charge on any atom is 0.243 e. The fourth-order valence-electron chi connectivity index (χ4n) is 3.14. The first-order valence-corrected chi connectivity index (χ1v) is 11.3. The summed E-state index contributed by atoms with van der Waals surface area (Å²) in [5.41, 5.74) is 1.00. The lowest BCUT2D eigenvalue weighted by Crippen LogP contribution is -2.43. The van der Waals surface area contributed by atoms with E-state index in [4.69, 9.17) is 9.47 Å². The summed E-state index contributed by atoms with van der Waals surface area (Å²) >= 11 is 0. The van der Waals surface area contributed by atoms with Gasteiger partial charge in [0.1, 0.15) is 0 Å². The molecular weight excluding hydrogens is 404 g/mol. The summed E-state index contributed by atoms with van der Waals surface area (Å²) in [5, 5.41) is 0. The van der Waals surface area contributed by atoms with Crippen LogP contribution >= 0.6 is 0 Å². The van der Waals surface area contributed by atoms with Crippen LogP contribution in [-0.2, 0) is 21.2 Å². The molecule has 0 fully saturated rings. The molecule has 0 radical (unpaired) electrons. The van der Waals surface area contributed by atoms with Crippen molar-refractivity contribution in [3.8, 4) is 11.5 Å². The van der Waals surface area contributed by atoms with Gasteiger partial charge >= 0.3 is 0 Å². The molecule has 0 saturated carbocycles. The van der Waals surface area contributed by atoms with Gasteiger partial charge in [0, 0.05) is 25.7 Å². The number of benzene rings is 2. The summed E-state index contributed by atoms with van der Waals surface area (Å²) in [5.74, 6) is 0.528. The molecule has 0 aliphatic heterocycles. The number of nitrogens with zero attached hydrogens (tertiary/aromatic N) is 2. The number of carbonyl (C=O) groups excluding carboxylic acids is 1. The lowest BCUT2D eigenvalue weighted by atomic mass is 10.1. The van der Waals surface area contributed by atoms with Gasteiger partial charge in [-0.3, -0.25) is 4.79 Å². The zero-order valence-electron chi connectivity index (χ0n) is 18.0. The molecule has 1 amide bonds. The molecule has 0 saturated heterocycles. The van der Waals surface area contributed by atoms with Crippen molar-refractivity contribution in [2.45, 2.75) is 25.2 Å². The average molecular weight is 435 g/mol. The van der Waals surface area contributed by atoms with Gasteiger partial charge in [-0.15, -0.1) is 0 Å². The van der Waals surface area contributed by atoms with Crippen molar-refractivity contribution in [3.63, 3.8) is 0 Å². The number of ether oxygens (including phenoxy) is 2. The molecule has 0 aliphatic rings. The predicted molar refractivity (Wildman–Crippen MR) is 116 cm³/mol. The van der Waals surface area contributed by atoms with Crippen LogP contribution < -0.4 is 9.47 Å². The van der Waals surface area contributed by atoms with E-state index in [0.717, 1.165) is 5.56 Å². The quantitative estimate of drug-likeness (QED) is 0.544. The molecule has 30 heavy (non-hydrogen) atoms. The van der Waals surface area contributed by atoms with E-state index < -0.39 is 10.0 Å². The minimum atomic E-state index is -3.92. The fourth-order valence-corrected chi connectivity index (χ4v) is 4.54. The smallest absolute Gasteiger partial charge is 0.243 e. The molecule has 0 spiro atoms. The van der Waals surface area contributed by atoms with E-state index in [-0.39, 0.29) is 23.9 Å². The van der Waals surface area contributed by atoms with Crippen molar-refractivity contribution in [1.29, 1.82) is 0 Å². The number of hydrogen-bond donors (Lipinski definition) is 0. The van der Waals surface area contributed by atoms with Gasteiger partial charge in [0.2, 0.25) is 15.9 Å². The Morgan fingerprint density at radius 2 is 1.57 bits per heavy atom. The van der Waals surface area contributed by atoms with Crippen molar-refractivity contribution >= 4 is 15.9 Å². The Kier molecular flexibility index (Phi) is 8.68. The molecule has 2 aromatic rings. The Morgan fingerprint density at radius 1 is 0.933 bits per heavy atom. The molecule has 0 aliphatic carbocycles. The van der Waals surface area contributed by atoms with E-state index >= 15 is 0 Å². The van der Waals surface area contributed by atoms with Crippen LogP contribution in [0.1, 0.15) is 19.4 Å². The van der Waals surface area contributed by atoms with Crippen LogP contribution in [0.25, 0.3) is 0 Å². The third-order valence-electron chi connectivity index (χ3n) is 4.91. The highest BCUT2D eigenvalue weighted by Gasteiger charge is 2.28. The number of rotatable bonds is 11. The monoisotopic (exact) mass is 434 g/mol. The molecule has 8 heteroatoms. The Balaban J connectivity index is 2.36. The summed E-state index contributed by atoms with van der Waals surface area (Å²) in [6.07, 6.45) is 0.499. The topological polar surface area (TPSA) is 76.2 Å². The van der Waals surface area contributed by atoms with Crippen LogP contribution in [0.5, 0.6) is 11.5 Å². The minimum absolute atomic E-state index is 0.0561. The van der Waals surface area contributed by atoms with E-state index in [1.54, 1.807) is 11.0 Å². The second kappa shape index (κ2) is 11.0. The van der Waals surface area contributed by atoms with Crippen LogP contribution in [0.3, 0.4) is 0 Å². The highest BCUT2D eigenvalue weighted by atomic mass is 32.2. The van der Waals surface area contributed by atoms with Crippen LogP contribution in [0, 0.1) is 0 Å². The van der Waals surface area contributed by atoms with Gasteiger partial charge in [-0.1, -0.05) is 30.3 Å². The second-order valence-electron chi connectivity index (χ2n) is 6.66. The maximum absolute atomic E-state index is 13.4. The van der Waals surface area contributed by atoms with Gasteiger partial charge in [0.15, 0.2) is 11.5 Å². The van der Waals surface area contributed by atoms with Crippen LogP contribution in [0.15, 0.2) is 53.4 Å². The Labute approximate surface area is 179 Å². The highest BCUT2D eigenvalue weighted by Crippen LogP contribution is 2.30. The molecule has 0 aromatic heterocycles. The summed E-state index contributed by atoms with van der Waals surface area (Å²) in [7, 11) is -0.987. The zero-order chi connectivity index (χ0) is 22.1. The third kappa shape index (κ3) is 5.73. The van der Waals surface area contributed by atoms with Gasteiger partial charge in [-0.25, -0.2) is 8.42 Å². The van der Waals surface area contributed by atoms with Gasteiger partial charge in [0.25, 0.3) is 0 Å². The van der Waals surface area contributed by atoms with Gasteiger partial charge in [-0.2, -0.15) is 4.31 Å². The van der Waals surface area contributed by atoms with Gasteiger partial charge in [-0.05, 0) is 38.0 Å². The van der Waals surface area contributed by atoms with Gasteiger partial charge in [0.05, 0.1) is 25.7 Å². The fraction of sp³-hybridized carbons (Fsp3) is 0.409. The molecule has 7 nitrogen and oxygen atoms in total. The molecule has 2 rings (SSSR count). The van der Waals surface area contributed by atoms with E-state index in [9.17, 15) is 13.2 Å². The second-order valence-corrected chi connectivity index (χ2v) is 8.59. The summed E-state index contributed by atoms with van der Waals surface area (Å²) in [6, 6.07) is 14.0. The zero-order valence-corrected chi connectivity index (χ0v) is 18.8. The summed E-state index contributed by atoms with van der Waals surface area (Å²) < 4.78 is 38.5. The third-order valence-corrected chi connectivity index (χ3v) is 6.75. The molecule has 0 bridgehead atoms. The predicted octanol–water partition coefficient (Wildman–Crippen LogP) is 2.81. The molecule has 0 unspecified atom stereocenters. The van der Waals surface area contributed by atoms with E-state index in [1.807, 2.05) is 44.2 Å². The number of carbonyl (C=O) groups is 1. The number of methoxy groups -OCH3 is 2. The first-order chi connectivity index (χ1) is 14.4. The van der Waals surface area contributed by atoms with Crippen LogP contribution in [0.4, 0.5) is 0 Å². The number of likely N-dealkylation sites (N-methyl/N-ethyl adjacent to an activating group) is 1. The lowest BCUT2D eigenvalue weighted by Gasteiger charge is -2.26. The molecule has 0 atom stereocenters. The molecule has 0 heterocycles.